The molecular formula is C11H11BrClN3S. The molecule has 0 spiro atoms. The van der Waals surface area contributed by atoms with Crippen LogP contribution >= 0.6 is 38.9 Å². The lowest BCUT2D eigenvalue weighted by Gasteiger charge is -2.09. The second kappa shape index (κ2) is 5.42. The second-order valence-electron chi connectivity index (χ2n) is 4.06. The van der Waals surface area contributed by atoms with Gasteiger partial charge in [-0.25, -0.2) is 9.97 Å². The van der Waals surface area contributed by atoms with E-state index in [9.17, 15) is 0 Å². The molecule has 17 heavy (non-hydrogen) atoms. The van der Waals surface area contributed by atoms with E-state index in [4.69, 9.17) is 11.6 Å². The first-order valence-corrected chi connectivity index (χ1v) is 7.23. The Morgan fingerprint density at radius 2 is 2.18 bits per heavy atom. The highest BCUT2D eigenvalue weighted by Crippen LogP contribution is 2.29. The van der Waals surface area contributed by atoms with Crippen LogP contribution in [-0.2, 0) is 6.42 Å². The summed E-state index contributed by atoms with van der Waals surface area (Å²) in [6.45, 7) is 4.30. The summed E-state index contributed by atoms with van der Waals surface area (Å²) in [4.78, 5) is 13.8. The van der Waals surface area contributed by atoms with Crippen LogP contribution in [0.4, 0.5) is 0 Å². The molecule has 0 amide bonds. The minimum Gasteiger partial charge on any atom is -0.252 e. The normalized spacial score (nSPS) is 11.1. The highest BCUT2D eigenvalue weighted by Gasteiger charge is 2.13. The molecule has 2 aromatic rings. The highest BCUT2D eigenvalue weighted by molar-refractivity contribution is 9.10. The first kappa shape index (κ1) is 12.9. The Morgan fingerprint density at radius 1 is 1.41 bits per heavy atom. The Hall–Kier alpha value is -0.520. The van der Waals surface area contributed by atoms with Crippen molar-refractivity contribution in [3.8, 4) is 10.7 Å². The summed E-state index contributed by atoms with van der Waals surface area (Å²) in [5, 5.41) is 0.457. The lowest BCUT2D eigenvalue weighted by atomic mass is 10.1. The van der Waals surface area contributed by atoms with Crippen molar-refractivity contribution in [3.63, 3.8) is 0 Å². The van der Waals surface area contributed by atoms with Crippen molar-refractivity contribution in [2.75, 3.05) is 0 Å². The minimum atomic E-state index is 0.457. The molecule has 0 fully saturated rings. The standard InChI is InChI=1S/C11H11BrClN3S/c1-6(2)3-7-9(12)10(13)16-11(15-7)8-4-14-5-17-8/h4-6H,3H2,1-2H3. The van der Waals surface area contributed by atoms with Gasteiger partial charge in [0.25, 0.3) is 0 Å². The number of rotatable bonds is 3. The van der Waals surface area contributed by atoms with Gasteiger partial charge in [0.05, 0.1) is 20.6 Å². The van der Waals surface area contributed by atoms with Crippen LogP contribution in [0.3, 0.4) is 0 Å². The quantitative estimate of drug-likeness (QED) is 0.790. The molecule has 2 aromatic heterocycles. The number of halogens is 2. The van der Waals surface area contributed by atoms with E-state index in [0.29, 0.717) is 16.9 Å². The van der Waals surface area contributed by atoms with Crippen molar-refractivity contribution in [3.05, 3.63) is 27.0 Å². The maximum atomic E-state index is 6.11. The largest absolute Gasteiger partial charge is 0.252 e. The van der Waals surface area contributed by atoms with Gasteiger partial charge in [-0.05, 0) is 28.3 Å². The topological polar surface area (TPSA) is 38.7 Å². The van der Waals surface area contributed by atoms with Gasteiger partial charge in [-0.1, -0.05) is 25.4 Å². The van der Waals surface area contributed by atoms with E-state index in [1.165, 1.54) is 11.3 Å². The number of hydrogen-bond donors (Lipinski definition) is 0. The third-order valence-electron chi connectivity index (χ3n) is 2.13. The number of thiazole rings is 1. The fourth-order valence-corrected chi connectivity index (χ4v) is 2.50. The molecule has 0 aliphatic rings. The van der Waals surface area contributed by atoms with Crippen LogP contribution < -0.4 is 0 Å². The number of aromatic nitrogens is 3. The van der Waals surface area contributed by atoms with Gasteiger partial charge in [-0.15, -0.1) is 11.3 Å². The van der Waals surface area contributed by atoms with E-state index in [0.717, 1.165) is 21.5 Å². The predicted molar refractivity (Wildman–Crippen MR) is 74.4 cm³/mol. The molecular weight excluding hydrogens is 322 g/mol. The Balaban J connectivity index is 2.46. The van der Waals surface area contributed by atoms with Gasteiger partial charge in [0.15, 0.2) is 5.82 Å². The van der Waals surface area contributed by atoms with Crippen molar-refractivity contribution in [1.29, 1.82) is 0 Å². The van der Waals surface area contributed by atoms with Crippen LogP contribution in [0.25, 0.3) is 10.7 Å². The summed E-state index contributed by atoms with van der Waals surface area (Å²) in [7, 11) is 0. The van der Waals surface area contributed by atoms with E-state index in [1.54, 1.807) is 11.7 Å². The molecule has 0 unspecified atom stereocenters. The Morgan fingerprint density at radius 3 is 2.76 bits per heavy atom. The smallest absolute Gasteiger partial charge is 0.172 e. The zero-order chi connectivity index (χ0) is 12.4. The van der Waals surface area contributed by atoms with Crippen molar-refractivity contribution in [2.45, 2.75) is 20.3 Å². The van der Waals surface area contributed by atoms with Crippen LogP contribution in [0, 0.1) is 5.92 Å². The molecule has 90 valence electrons. The summed E-state index contributed by atoms with van der Waals surface area (Å²) >= 11 is 11.1. The summed E-state index contributed by atoms with van der Waals surface area (Å²) in [5.41, 5.74) is 2.71. The molecule has 0 aliphatic heterocycles. The summed E-state index contributed by atoms with van der Waals surface area (Å²) in [6, 6.07) is 0. The zero-order valence-corrected chi connectivity index (χ0v) is 12.6. The Bertz CT molecular complexity index is 514. The van der Waals surface area contributed by atoms with Gasteiger partial charge < -0.3 is 0 Å². The zero-order valence-electron chi connectivity index (χ0n) is 9.44. The molecule has 0 atom stereocenters. The average molecular weight is 333 g/mol. The fraction of sp³-hybridized carbons (Fsp3) is 0.364. The summed E-state index contributed by atoms with van der Waals surface area (Å²) in [6.07, 6.45) is 2.62. The first-order valence-electron chi connectivity index (χ1n) is 5.18. The molecule has 0 aromatic carbocycles. The van der Waals surface area contributed by atoms with E-state index in [-0.39, 0.29) is 0 Å². The Kier molecular flexibility index (Phi) is 4.12. The van der Waals surface area contributed by atoms with Gasteiger partial charge in [0.1, 0.15) is 5.15 Å². The number of hydrogen-bond acceptors (Lipinski definition) is 4. The third kappa shape index (κ3) is 3.03. The average Bonchev–Trinajstić information content (AvgIpc) is 2.77. The van der Waals surface area contributed by atoms with Gasteiger partial charge in [-0.3, -0.25) is 4.98 Å². The van der Waals surface area contributed by atoms with Crippen molar-refractivity contribution in [2.24, 2.45) is 5.92 Å². The SMILES string of the molecule is CC(C)Cc1nc(-c2cncs2)nc(Cl)c1Br. The molecule has 0 N–H and O–H groups in total. The molecule has 2 heterocycles. The van der Waals surface area contributed by atoms with Crippen molar-refractivity contribution in [1.82, 2.24) is 15.0 Å². The molecule has 0 bridgehead atoms. The lowest BCUT2D eigenvalue weighted by molar-refractivity contribution is 0.632. The summed E-state index contributed by atoms with van der Waals surface area (Å²) in [5.74, 6) is 1.17. The van der Waals surface area contributed by atoms with Gasteiger partial charge in [-0.2, -0.15) is 0 Å². The molecule has 6 heteroatoms. The van der Waals surface area contributed by atoms with Gasteiger partial charge in [0, 0.05) is 6.20 Å². The van der Waals surface area contributed by atoms with E-state index >= 15 is 0 Å². The fourth-order valence-electron chi connectivity index (χ4n) is 1.42. The minimum absolute atomic E-state index is 0.457. The van der Waals surface area contributed by atoms with Gasteiger partial charge >= 0.3 is 0 Å². The maximum Gasteiger partial charge on any atom is 0.172 e. The third-order valence-corrected chi connectivity index (χ3v) is 4.24. The summed E-state index contributed by atoms with van der Waals surface area (Å²) < 4.78 is 0.793. The monoisotopic (exact) mass is 331 g/mol. The van der Waals surface area contributed by atoms with Crippen LogP contribution in [0.2, 0.25) is 5.15 Å². The van der Waals surface area contributed by atoms with Crippen molar-refractivity contribution >= 4 is 38.9 Å². The molecule has 0 radical (unpaired) electrons. The van der Waals surface area contributed by atoms with Crippen molar-refractivity contribution < 1.29 is 0 Å². The van der Waals surface area contributed by atoms with Crippen LogP contribution in [0.5, 0.6) is 0 Å². The number of nitrogens with zero attached hydrogens (tertiary/aromatic N) is 3. The molecule has 3 nitrogen and oxygen atoms in total. The maximum absolute atomic E-state index is 6.11. The van der Waals surface area contributed by atoms with Crippen LogP contribution in [0.15, 0.2) is 16.2 Å². The first-order chi connectivity index (χ1) is 8.08. The van der Waals surface area contributed by atoms with E-state index < -0.39 is 0 Å². The lowest BCUT2D eigenvalue weighted by Crippen LogP contribution is -2.02. The molecule has 0 aliphatic carbocycles. The molecule has 2 rings (SSSR count). The highest BCUT2D eigenvalue weighted by atomic mass is 79.9. The second-order valence-corrected chi connectivity index (χ2v) is 6.10. The van der Waals surface area contributed by atoms with Gasteiger partial charge in [0.2, 0.25) is 0 Å². The van der Waals surface area contributed by atoms with E-state index in [1.807, 2.05) is 0 Å². The predicted octanol–water partition coefficient (Wildman–Crippen LogP) is 4.21. The molecule has 0 saturated heterocycles. The van der Waals surface area contributed by atoms with Crippen LogP contribution in [-0.4, -0.2) is 15.0 Å². The molecule has 0 saturated carbocycles. The Labute approximate surface area is 117 Å². The van der Waals surface area contributed by atoms with E-state index in [2.05, 4.69) is 44.7 Å². The van der Waals surface area contributed by atoms with Crippen LogP contribution in [0.1, 0.15) is 19.5 Å².